The standard InChI is InChI=1S/C17H22N2O3S/c1-12(15-11-23-16-6-4-3-5-14(15)16)18-17(20)19-7-8-22-13(9-19)10-21-2/h3-6,11-13H,7-10H2,1-2H3,(H,18,20). The number of nitrogens with one attached hydrogen (secondary N) is 1. The Hall–Kier alpha value is -1.63. The van der Waals surface area contributed by atoms with Crippen LogP contribution in [-0.2, 0) is 9.47 Å². The first-order valence-electron chi connectivity index (χ1n) is 7.81. The van der Waals surface area contributed by atoms with E-state index in [0.29, 0.717) is 26.3 Å². The number of urea groups is 1. The van der Waals surface area contributed by atoms with Crippen molar-refractivity contribution in [1.82, 2.24) is 10.2 Å². The minimum absolute atomic E-state index is 0.0256. The number of ether oxygens (including phenoxy) is 2. The fourth-order valence-electron chi connectivity index (χ4n) is 2.88. The number of hydrogen-bond acceptors (Lipinski definition) is 4. The number of benzene rings is 1. The summed E-state index contributed by atoms with van der Waals surface area (Å²) < 4.78 is 11.9. The van der Waals surface area contributed by atoms with Crippen LogP contribution < -0.4 is 5.32 Å². The fourth-order valence-corrected chi connectivity index (χ4v) is 3.93. The van der Waals surface area contributed by atoms with E-state index in [1.165, 1.54) is 15.6 Å². The third-order valence-corrected chi connectivity index (χ3v) is 5.08. The van der Waals surface area contributed by atoms with E-state index in [0.717, 1.165) is 0 Å². The summed E-state index contributed by atoms with van der Waals surface area (Å²) >= 11 is 1.71. The maximum atomic E-state index is 12.5. The minimum Gasteiger partial charge on any atom is -0.382 e. The van der Waals surface area contributed by atoms with Crippen molar-refractivity contribution in [3.63, 3.8) is 0 Å². The van der Waals surface area contributed by atoms with Gasteiger partial charge in [0.15, 0.2) is 0 Å². The van der Waals surface area contributed by atoms with E-state index in [4.69, 9.17) is 9.47 Å². The number of amides is 2. The van der Waals surface area contributed by atoms with Gasteiger partial charge in [-0.25, -0.2) is 4.79 Å². The van der Waals surface area contributed by atoms with Crippen molar-refractivity contribution >= 4 is 27.5 Å². The van der Waals surface area contributed by atoms with E-state index in [1.807, 2.05) is 19.1 Å². The Morgan fingerprint density at radius 3 is 3.17 bits per heavy atom. The molecule has 5 nitrogen and oxygen atoms in total. The lowest BCUT2D eigenvalue weighted by molar-refractivity contribution is -0.0496. The first kappa shape index (κ1) is 16.2. The van der Waals surface area contributed by atoms with Gasteiger partial charge < -0.3 is 19.7 Å². The van der Waals surface area contributed by atoms with Crippen LogP contribution in [0.3, 0.4) is 0 Å². The monoisotopic (exact) mass is 334 g/mol. The van der Waals surface area contributed by atoms with Gasteiger partial charge in [0, 0.05) is 18.4 Å². The number of carbonyl (C=O) groups is 1. The third-order valence-electron chi connectivity index (χ3n) is 4.10. The molecule has 1 aromatic heterocycles. The van der Waals surface area contributed by atoms with Gasteiger partial charge in [-0.05, 0) is 29.3 Å². The summed E-state index contributed by atoms with van der Waals surface area (Å²) in [5, 5.41) is 6.44. The maximum absolute atomic E-state index is 12.5. The highest BCUT2D eigenvalue weighted by molar-refractivity contribution is 7.17. The lowest BCUT2D eigenvalue weighted by Crippen LogP contribution is -2.51. The van der Waals surface area contributed by atoms with Crippen LogP contribution in [0.15, 0.2) is 29.6 Å². The number of fused-ring (bicyclic) bond motifs is 1. The molecule has 0 aliphatic carbocycles. The first-order valence-corrected chi connectivity index (χ1v) is 8.69. The smallest absolute Gasteiger partial charge is 0.318 e. The van der Waals surface area contributed by atoms with Crippen molar-refractivity contribution in [2.24, 2.45) is 0 Å². The van der Waals surface area contributed by atoms with Crippen molar-refractivity contribution in [3.05, 3.63) is 35.2 Å². The zero-order chi connectivity index (χ0) is 16.2. The lowest BCUT2D eigenvalue weighted by atomic mass is 10.1. The SMILES string of the molecule is COCC1CN(C(=O)NC(C)c2csc3ccccc23)CCO1. The highest BCUT2D eigenvalue weighted by Crippen LogP contribution is 2.30. The van der Waals surface area contributed by atoms with Crippen LogP contribution >= 0.6 is 11.3 Å². The average Bonchev–Trinajstić information content (AvgIpc) is 2.99. The minimum atomic E-state index is -0.0446. The molecule has 1 fully saturated rings. The van der Waals surface area contributed by atoms with Gasteiger partial charge in [-0.2, -0.15) is 0 Å². The van der Waals surface area contributed by atoms with E-state index in [2.05, 4.69) is 22.8 Å². The molecular weight excluding hydrogens is 312 g/mol. The summed E-state index contributed by atoms with van der Waals surface area (Å²) in [7, 11) is 1.64. The number of thiophene rings is 1. The Bertz CT molecular complexity index is 671. The van der Waals surface area contributed by atoms with Crippen molar-refractivity contribution in [2.75, 3.05) is 33.4 Å². The van der Waals surface area contributed by atoms with Gasteiger partial charge in [-0.1, -0.05) is 18.2 Å². The van der Waals surface area contributed by atoms with Crippen molar-refractivity contribution in [3.8, 4) is 0 Å². The largest absolute Gasteiger partial charge is 0.382 e. The highest BCUT2D eigenvalue weighted by Gasteiger charge is 2.25. The normalized spacial score (nSPS) is 19.7. The summed E-state index contributed by atoms with van der Waals surface area (Å²) in [6.07, 6.45) is -0.0446. The molecule has 2 heterocycles. The second kappa shape index (κ2) is 7.29. The molecule has 2 amide bonds. The average molecular weight is 334 g/mol. The van der Waals surface area contributed by atoms with Crippen molar-refractivity contribution in [2.45, 2.75) is 19.1 Å². The zero-order valence-corrected chi connectivity index (χ0v) is 14.3. The maximum Gasteiger partial charge on any atom is 0.318 e. The van der Waals surface area contributed by atoms with Gasteiger partial charge in [0.05, 0.1) is 31.9 Å². The van der Waals surface area contributed by atoms with Gasteiger partial charge in [0.25, 0.3) is 0 Å². The van der Waals surface area contributed by atoms with E-state index in [-0.39, 0.29) is 18.2 Å². The molecule has 6 heteroatoms. The quantitative estimate of drug-likeness (QED) is 0.935. The molecule has 0 spiro atoms. The molecule has 23 heavy (non-hydrogen) atoms. The lowest BCUT2D eigenvalue weighted by Gasteiger charge is -2.33. The molecule has 1 aromatic carbocycles. The Morgan fingerprint density at radius 1 is 1.52 bits per heavy atom. The molecule has 0 radical (unpaired) electrons. The summed E-state index contributed by atoms with van der Waals surface area (Å²) in [6, 6.07) is 8.21. The molecule has 1 aliphatic heterocycles. The van der Waals surface area contributed by atoms with Crippen LogP contribution in [0, 0.1) is 0 Å². The van der Waals surface area contributed by atoms with Gasteiger partial charge in [0.1, 0.15) is 0 Å². The predicted octanol–water partition coefficient (Wildman–Crippen LogP) is 3.02. The Morgan fingerprint density at radius 2 is 2.35 bits per heavy atom. The van der Waals surface area contributed by atoms with Gasteiger partial charge in [-0.15, -0.1) is 11.3 Å². The molecule has 3 rings (SSSR count). The number of methoxy groups -OCH3 is 1. The molecule has 1 aliphatic rings. The third kappa shape index (κ3) is 3.65. The van der Waals surface area contributed by atoms with E-state index in [1.54, 1.807) is 23.3 Å². The Balaban J connectivity index is 1.65. The van der Waals surface area contributed by atoms with Crippen LogP contribution in [0.4, 0.5) is 4.79 Å². The van der Waals surface area contributed by atoms with Crippen LogP contribution in [0.5, 0.6) is 0 Å². The molecule has 2 unspecified atom stereocenters. The Kier molecular flexibility index (Phi) is 5.15. The summed E-state index contributed by atoms with van der Waals surface area (Å²) in [5.41, 5.74) is 1.17. The summed E-state index contributed by atoms with van der Waals surface area (Å²) in [5.74, 6) is 0. The summed E-state index contributed by atoms with van der Waals surface area (Å²) in [4.78, 5) is 14.3. The van der Waals surface area contributed by atoms with Gasteiger partial charge in [-0.3, -0.25) is 0 Å². The number of nitrogens with zero attached hydrogens (tertiary/aromatic N) is 1. The molecule has 1 saturated heterocycles. The van der Waals surface area contributed by atoms with E-state index in [9.17, 15) is 4.79 Å². The van der Waals surface area contributed by atoms with Crippen molar-refractivity contribution in [1.29, 1.82) is 0 Å². The fraction of sp³-hybridized carbons (Fsp3) is 0.471. The molecule has 0 saturated carbocycles. The zero-order valence-electron chi connectivity index (χ0n) is 13.5. The topological polar surface area (TPSA) is 50.8 Å². The van der Waals surface area contributed by atoms with E-state index < -0.39 is 0 Å². The number of rotatable bonds is 4. The number of morpholine rings is 1. The van der Waals surface area contributed by atoms with Crippen LogP contribution in [0.25, 0.3) is 10.1 Å². The van der Waals surface area contributed by atoms with Gasteiger partial charge >= 0.3 is 6.03 Å². The first-order chi connectivity index (χ1) is 11.2. The van der Waals surface area contributed by atoms with Crippen molar-refractivity contribution < 1.29 is 14.3 Å². The van der Waals surface area contributed by atoms with Crippen LogP contribution in [0.2, 0.25) is 0 Å². The highest BCUT2D eigenvalue weighted by atomic mass is 32.1. The number of carbonyl (C=O) groups excluding carboxylic acids is 1. The predicted molar refractivity (Wildman–Crippen MR) is 92.0 cm³/mol. The molecule has 2 aromatic rings. The second-order valence-corrected chi connectivity index (χ2v) is 6.66. The van der Waals surface area contributed by atoms with Gasteiger partial charge in [0.2, 0.25) is 0 Å². The molecular formula is C17H22N2O3S. The van der Waals surface area contributed by atoms with E-state index >= 15 is 0 Å². The van der Waals surface area contributed by atoms with Crippen LogP contribution in [-0.4, -0.2) is 50.4 Å². The molecule has 124 valence electrons. The van der Waals surface area contributed by atoms with Crippen LogP contribution in [0.1, 0.15) is 18.5 Å². The Labute approximate surface area is 140 Å². The second-order valence-electron chi connectivity index (χ2n) is 5.75. The summed E-state index contributed by atoms with van der Waals surface area (Å²) in [6.45, 7) is 4.27. The molecule has 0 bridgehead atoms. The number of hydrogen-bond donors (Lipinski definition) is 1. The molecule has 1 N–H and O–H groups in total. The molecule has 2 atom stereocenters.